The van der Waals surface area contributed by atoms with Crippen LogP contribution in [0.1, 0.15) is 61.1 Å². The van der Waals surface area contributed by atoms with Gasteiger partial charge in [0.25, 0.3) is 0 Å². The van der Waals surface area contributed by atoms with Gasteiger partial charge in [-0.25, -0.2) is 13.9 Å². The van der Waals surface area contributed by atoms with Gasteiger partial charge in [0.2, 0.25) is 5.95 Å². The molecule has 1 fully saturated rings. The maximum absolute atomic E-state index is 15.3. The second kappa shape index (κ2) is 13.0. The molecule has 1 atom stereocenters. The second-order valence-corrected chi connectivity index (χ2v) is 10.3. The molecule has 0 aliphatic carbocycles. The first-order valence-corrected chi connectivity index (χ1v) is 14.1. The second-order valence-electron chi connectivity index (χ2n) is 10.3. The van der Waals surface area contributed by atoms with Gasteiger partial charge in [-0.05, 0) is 96.0 Å². The Kier molecular flexibility index (Phi) is 9.19. The highest BCUT2D eigenvalue weighted by Crippen LogP contribution is 2.39. The molecule has 12 heteroatoms. The Labute approximate surface area is 250 Å². The van der Waals surface area contributed by atoms with Crippen LogP contribution in [-0.4, -0.2) is 35.7 Å². The van der Waals surface area contributed by atoms with Crippen molar-refractivity contribution in [2.75, 3.05) is 19.8 Å². The molecular formula is C32H30F5N3O4. The zero-order valence-corrected chi connectivity index (χ0v) is 23.8. The number of halogens is 5. The number of aromatic nitrogens is 2. The highest BCUT2D eigenvalue weighted by atomic mass is 19.4. The molecule has 4 aromatic rings. The minimum atomic E-state index is -4.76. The summed E-state index contributed by atoms with van der Waals surface area (Å²) >= 11 is 0. The molecule has 2 heterocycles. The Morgan fingerprint density at radius 3 is 2.41 bits per heavy atom. The van der Waals surface area contributed by atoms with E-state index in [1.807, 2.05) is 0 Å². The Morgan fingerprint density at radius 2 is 1.75 bits per heavy atom. The smallest absolute Gasteiger partial charge is 0.416 e. The summed E-state index contributed by atoms with van der Waals surface area (Å²) in [6.07, 6.45) is -3.34. The molecule has 2 N–H and O–H groups in total. The summed E-state index contributed by atoms with van der Waals surface area (Å²) in [4.78, 5) is 10.8. The molecule has 1 aliphatic heterocycles. The van der Waals surface area contributed by atoms with Gasteiger partial charge in [-0.1, -0.05) is 25.1 Å². The number of carbonyl (C=O) groups excluding carboxylic acids is 1. The van der Waals surface area contributed by atoms with Crippen LogP contribution in [0.4, 0.5) is 26.7 Å². The Morgan fingerprint density at radius 1 is 1.00 bits per heavy atom. The van der Waals surface area contributed by atoms with Gasteiger partial charge in [0.1, 0.15) is 24.8 Å². The van der Waals surface area contributed by atoms with Crippen LogP contribution in [0.25, 0.3) is 22.0 Å². The third kappa shape index (κ3) is 6.85. The van der Waals surface area contributed by atoms with Crippen molar-refractivity contribution < 1.29 is 41.0 Å². The Hall–Kier alpha value is -4.45. The lowest BCUT2D eigenvalue weighted by Crippen LogP contribution is -2.19. The summed E-state index contributed by atoms with van der Waals surface area (Å²) < 4.78 is 88.4. The highest BCUT2D eigenvalue weighted by molar-refractivity contribution is 6.00. The Bertz CT molecular complexity index is 1680. The van der Waals surface area contributed by atoms with Crippen molar-refractivity contribution in [2.24, 2.45) is 5.73 Å². The van der Waals surface area contributed by atoms with Crippen molar-refractivity contribution in [1.82, 2.24) is 9.78 Å². The molecule has 3 aromatic carbocycles. The van der Waals surface area contributed by atoms with E-state index >= 15 is 4.39 Å². The van der Waals surface area contributed by atoms with Gasteiger partial charge < -0.3 is 19.9 Å². The van der Waals surface area contributed by atoms with Gasteiger partial charge in [-0.3, -0.25) is 0 Å². The molecule has 0 bridgehead atoms. The van der Waals surface area contributed by atoms with Gasteiger partial charge in [0.05, 0.1) is 16.5 Å². The van der Waals surface area contributed by atoms with Crippen molar-refractivity contribution in [3.05, 3.63) is 94.7 Å². The van der Waals surface area contributed by atoms with Crippen molar-refractivity contribution in [3.8, 4) is 5.75 Å². The van der Waals surface area contributed by atoms with Crippen molar-refractivity contribution >= 4 is 28.1 Å². The first-order valence-electron chi connectivity index (χ1n) is 14.1. The summed E-state index contributed by atoms with van der Waals surface area (Å²) in [5, 5.41) is 4.31. The largest absolute Gasteiger partial charge is 0.490 e. The van der Waals surface area contributed by atoms with E-state index in [2.05, 4.69) is 9.84 Å². The number of rotatable bonds is 9. The molecule has 1 aliphatic rings. The summed E-state index contributed by atoms with van der Waals surface area (Å²) in [7, 11) is 0. The number of nitrogens with zero attached hydrogens (tertiary/aromatic N) is 2. The highest BCUT2D eigenvalue weighted by Gasteiger charge is 2.32. The van der Waals surface area contributed by atoms with Crippen molar-refractivity contribution in [2.45, 2.75) is 45.0 Å². The van der Waals surface area contributed by atoms with Gasteiger partial charge in [0, 0.05) is 6.61 Å². The first-order chi connectivity index (χ1) is 21.0. The van der Waals surface area contributed by atoms with E-state index in [0.29, 0.717) is 52.6 Å². The van der Waals surface area contributed by atoms with E-state index in [0.717, 1.165) is 25.0 Å². The van der Waals surface area contributed by atoms with Crippen LogP contribution in [0.15, 0.2) is 60.7 Å². The van der Waals surface area contributed by atoms with Crippen LogP contribution >= 0.6 is 0 Å². The maximum Gasteiger partial charge on any atom is 0.416 e. The summed E-state index contributed by atoms with van der Waals surface area (Å²) in [5.74, 6) is -1.31. The number of primary amides is 1. The molecule has 0 radical (unpaired) electrons. The molecule has 5 rings (SSSR count). The third-order valence-electron chi connectivity index (χ3n) is 7.35. The topological polar surface area (TPSA) is 88.6 Å². The van der Waals surface area contributed by atoms with Crippen LogP contribution in [0.5, 0.6) is 5.75 Å². The van der Waals surface area contributed by atoms with Crippen LogP contribution < -0.4 is 10.5 Å². The third-order valence-corrected chi connectivity index (χ3v) is 7.35. The van der Waals surface area contributed by atoms with E-state index < -0.39 is 35.8 Å². The predicted octanol–water partition coefficient (Wildman–Crippen LogP) is 7.88. The van der Waals surface area contributed by atoms with E-state index in [1.165, 1.54) is 4.68 Å². The molecule has 232 valence electrons. The lowest BCUT2D eigenvalue weighted by molar-refractivity contribution is -0.137. The fraction of sp³-hybridized carbons (Fsp3) is 0.312. The fourth-order valence-corrected chi connectivity index (χ4v) is 5.38. The van der Waals surface area contributed by atoms with Gasteiger partial charge in [0.15, 0.2) is 6.23 Å². The number of fused-ring (bicyclic) bond motifs is 1. The number of hydrogen-bond donors (Lipinski definition) is 1. The molecule has 0 spiro atoms. The minimum absolute atomic E-state index is 0.0410. The van der Waals surface area contributed by atoms with Crippen LogP contribution in [0, 0.1) is 11.8 Å². The number of alkyl halides is 3. The van der Waals surface area contributed by atoms with Crippen LogP contribution in [-0.2, 0) is 15.7 Å². The standard InChI is InChI=1S/C32H30F5N3O4/c1-2-25(21-15-22(32(35,36)37)18-23(33)16-21)29(19-6-9-24(10-7-19)42-13-14-44-31(38)41)20-8-11-27-26(17-20)30(34)39-40(27)28-5-3-4-12-43-28/h6-11,15-18,28H,2-5,12-14H2,1H3,(H2,38,41). The maximum atomic E-state index is 15.3. The lowest BCUT2D eigenvalue weighted by atomic mass is 9.87. The summed E-state index contributed by atoms with van der Waals surface area (Å²) in [6.45, 7) is 2.28. The number of hydrogen-bond acceptors (Lipinski definition) is 5. The summed E-state index contributed by atoms with van der Waals surface area (Å²) in [6, 6.07) is 14.1. The Balaban J connectivity index is 1.63. The van der Waals surface area contributed by atoms with Crippen molar-refractivity contribution in [1.29, 1.82) is 0 Å². The average Bonchev–Trinajstić information content (AvgIpc) is 3.33. The fourth-order valence-electron chi connectivity index (χ4n) is 5.38. The predicted molar refractivity (Wildman–Crippen MR) is 154 cm³/mol. The number of carbonyl (C=O) groups is 1. The summed E-state index contributed by atoms with van der Waals surface area (Å²) in [5.41, 5.74) is 6.37. The number of amides is 1. The molecule has 1 saturated heterocycles. The van der Waals surface area contributed by atoms with Gasteiger partial charge in [-0.15, -0.1) is 5.10 Å². The minimum Gasteiger partial charge on any atom is -0.490 e. The van der Waals surface area contributed by atoms with Crippen LogP contribution in [0.2, 0.25) is 0 Å². The van der Waals surface area contributed by atoms with Gasteiger partial charge >= 0.3 is 12.3 Å². The SMILES string of the molecule is CCC(=C(c1ccc(OCCOC(N)=O)cc1)c1ccc2c(c1)c(F)nn2C1CCCCO1)c1cc(F)cc(C(F)(F)F)c1. The van der Waals surface area contributed by atoms with Crippen LogP contribution in [0.3, 0.4) is 0 Å². The number of benzene rings is 3. The van der Waals surface area contributed by atoms with E-state index in [9.17, 15) is 22.4 Å². The molecule has 1 aromatic heterocycles. The molecular weight excluding hydrogens is 585 g/mol. The first kappa shape index (κ1) is 31.0. The quantitative estimate of drug-likeness (QED) is 0.118. The average molecular weight is 616 g/mol. The van der Waals surface area contributed by atoms with E-state index in [-0.39, 0.29) is 30.6 Å². The van der Waals surface area contributed by atoms with Gasteiger partial charge in [-0.2, -0.15) is 17.6 Å². The monoisotopic (exact) mass is 615 g/mol. The number of nitrogens with two attached hydrogens (primary N) is 1. The molecule has 44 heavy (non-hydrogen) atoms. The molecule has 1 unspecified atom stereocenters. The van der Waals surface area contributed by atoms with E-state index in [4.69, 9.17) is 15.2 Å². The zero-order valence-electron chi connectivity index (χ0n) is 23.8. The molecule has 1 amide bonds. The van der Waals surface area contributed by atoms with E-state index in [1.54, 1.807) is 49.4 Å². The normalized spacial score (nSPS) is 16.1. The lowest BCUT2D eigenvalue weighted by Gasteiger charge is -2.23. The molecule has 7 nitrogen and oxygen atoms in total. The number of ether oxygens (including phenoxy) is 3. The number of allylic oxidation sites excluding steroid dienone is 1. The molecule has 0 saturated carbocycles. The van der Waals surface area contributed by atoms with Crippen molar-refractivity contribution in [3.63, 3.8) is 0 Å². The zero-order chi connectivity index (χ0) is 31.4.